The molecule has 0 aliphatic heterocycles. The molecular formula is C11H16ClN3O2. The van der Waals surface area contributed by atoms with Crippen molar-refractivity contribution in [3.05, 3.63) is 38.9 Å². The summed E-state index contributed by atoms with van der Waals surface area (Å²) in [5.74, 6) is 0. The highest BCUT2D eigenvalue weighted by molar-refractivity contribution is 6.31. The maximum Gasteiger partial charge on any atom is 0.270 e. The number of benzene rings is 1. The van der Waals surface area contributed by atoms with Crippen LogP contribution in [0.1, 0.15) is 12.0 Å². The molecule has 94 valence electrons. The Kier molecular flexibility index (Phi) is 5.34. The van der Waals surface area contributed by atoms with Gasteiger partial charge in [0.15, 0.2) is 0 Å². The standard InChI is InChI=1S/C11H16ClN3O2/c1-14(6-2-5-13)8-9-3-4-10(15(16)17)7-11(9)12/h3-4,7H,2,5-6,8,13H2,1H3. The molecule has 1 rings (SSSR count). The number of halogens is 1. The van der Waals surface area contributed by atoms with Gasteiger partial charge in [-0.3, -0.25) is 10.1 Å². The van der Waals surface area contributed by atoms with Gasteiger partial charge < -0.3 is 10.6 Å². The highest BCUT2D eigenvalue weighted by atomic mass is 35.5. The lowest BCUT2D eigenvalue weighted by Crippen LogP contribution is -2.21. The number of nitro groups is 1. The van der Waals surface area contributed by atoms with Gasteiger partial charge in [-0.2, -0.15) is 0 Å². The number of hydrogen-bond acceptors (Lipinski definition) is 4. The van der Waals surface area contributed by atoms with Gasteiger partial charge in [0.25, 0.3) is 5.69 Å². The van der Waals surface area contributed by atoms with Crippen LogP contribution < -0.4 is 5.73 Å². The van der Waals surface area contributed by atoms with E-state index in [0.29, 0.717) is 18.1 Å². The van der Waals surface area contributed by atoms with Crippen LogP contribution in [0, 0.1) is 10.1 Å². The summed E-state index contributed by atoms with van der Waals surface area (Å²) in [7, 11) is 1.97. The Morgan fingerprint density at radius 3 is 2.76 bits per heavy atom. The molecule has 0 aromatic heterocycles. The van der Waals surface area contributed by atoms with Crippen LogP contribution in [-0.2, 0) is 6.54 Å². The van der Waals surface area contributed by atoms with Gasteiger partial charge in [0.1, 0.15) is 0 Å². The van der Waals surface area contributed by atoms with Crippen molar-refractivity contribution >= 4 is 17.3 Å². The molecule has 5 nitrogen and oxygen atoms in total. The summed E-state index contributed by atoms with van der Waals surface area (Å²) in [4.78, 5) is 12.2. The quantitative estimate of drug-likeness (QED) is 0.625. The Balaban J connectivity index is 2.69. The lowest BCUT2D eigenvalue weighted by atomic mass is 10.2. The zero-order valence-corrected chi connectivity index (χ0v) is 10.5. The Morgan fingerprint density at radius 1 is 1.53 bits per heavy atom. The summed E-state index contributed by atoms with van der Waals surface area (Å²) in [5.41, 5.74) is 6.33. The summed E-state index contributed by atoms with van der Waals surface area (Å²) in [6, 6.07) is 4.55. The van der Waals surface area contributed by atoms with E-state index < -0.39 is 4.92 Å². The topological polar surface area (TPSA) is 72.4 Å². The van der Waals surface area contributed by atoms with Crippen molar-refractivity contribution < 1.29 is 4.92 Å². The van der Waals surface area contributed by atoms with E-state index in [1.807, 2.05) is 7.05 Å². The first-order valence-corrected chi connectivity index (χ1v) is 5.74. The zero-order chi connectivity index (χ0) is 12.8. The van der Waals surface area contributed by atoms with Gasteiger partial charge in [-0.05, 0) is 38.2 Å². The van der Waals surface area contributed by atoms with Crippen molar-refractivity contribution in [1.82, 2.24) is 4.90 Å². The first-order valence-electron chi connectivity index (χ1n) is 5.36. The minimum Gasteiger partial charge on any atom is -0.330 e. The second kappa shape index (κ2) is 6.54. The number of non-ortho nitro benzene ring substituents is 1. The third-order valence-corrected chi connectivity index (χ3v) is 2.78. The average Bonchev–Trinajstić information content (AvgIpc) is 2.28. The summed E-state index contributed by atoms with van der Waals surface area (Å²) in [6.45, 7) is 2.19. The normalized spacial score (nSPS) is 10.8. The Hall–Kier alpha value is -1.17. The SMILES string of the molecule is CN(CCCN)Cc1ccc([N+](=O)[O-])cc1Cl. The molecule has 0 unspecified atom stereocenters. The summed E-state index contributed by atoms with van der Waals surface area (Å²) < 4.78 is 0. The van der Waals surface area contributed by atoms with Crippen LogP contribution >= 0.6 is 11.6 Å². The van der Waals surface area contributed by atoms with Gasteiger partial charge in [0.05, 0.1) is 9.95 Å². The molecule has 6 heteroatoms. The van der Waals surface area contributed by atoms with E-state index in [9.17, 15) is 10.1 Å². The van der Waals surface area contributed by atoms with Crippen molar-refractivity contribution in [2.75, 3.05) is 20.1 Å². The first-order chi connectivity index (χ1) is 8.04. The molecule has 0 heterocycles. The predicted molar refractivity (Wildman–Crippen MR) is 68.1 cm³/mol. The molecule has 2 N–H and O–H groups in total. The average molecular weight is 258 g/mol. The maximum absolute atomic E-state index is 10.6. The molecule has 0 aliphatic carbocycles. The molecule has 0 aliphatic rings. The van der Waals surface area contributed by atoms with E-state index in [1.165, 1.54) is 12.1 Å². The zero-order valence-electron chi connectivity index (χ0n) is 9.73. The van der Waals surface area contributed by atoms with Crippen LogP contribution in [0.3, 0.4) is 0 Å². The van der Waals surface area contributed by atoms with Crippen LogP contribution in [0.5, 0.6) is 0 Å². The number of nitro benzene ring substituents is 1. The largest absolute Gasteiger partial charge is 0.330 e. The Labute approximate surface area is 105 Å². The molecule has 0 fully saturated rings. The fourth-order valence-corrected chi connectivity index (χ4v) is 1.74. The third-order valence-electron chi connectivity index (χ3n) is 2.43. The maximum atomic E-state index is 10.6. The van der Waals surface area contributed by atoms with Crippen LogP contribution in [0.25, 0.3) is 0 Å². The van der Waals surface area contributed by atoms with Crippen LogP contribution in [0.2, 0.25) is 5.02 Å². The van der Waals surface area contributed by atoms with E-state index in [1.54, 1.807) is 6.07 Å². The second-order valence-electron chi connectivity index (χ2n) is 3.91. The second-order valence-corrected chi connectivity index (χ2v) is 4.32. The van der Waals surface area contributed by atoms with Crippen molar-refractivity contribution in [3.8, 4) is 0 Å². The lowest BCUT2D eigenvalue weighted by Gasteiger charge is -2.16. The monoisotopic (exact) mass is 257 g/mol. The van der Waals surface area contributed by atoms with Gasteiger partial charge >= 0.3 is 0 Å². The highest BCUT2D eigenvalue weighted by Gasteiger charge is 2.10. The minimum absolute atomic E-state index is 0.0170. The van der Waals surface area contributed by atoms with E-state index in [-0.39, 0.29) is 5.69 Å². The van der Waals surface area contributed by atoms with Crippen molar-refractivity contribution in [1.29, 1.82) is 0 Å². The number of nitrogens with zero attached hydrogens (tertiary/aromatic N) is 2. The summed E-state index contributed by atoms with van der Waals surface area (Å²) in [6.07, 6.45) is 0.918. The van der Waals surface area contributed by atoms with Crippen molar-refractivity contribution in [2.45, 2.75) is 13.0 Å². The van der Waals surface area contributed by atoms with Crippen LogP contribution in [0.4, 0.5) is 5.69 Å². The van der Waals surface area contributed by atoms with E-state index in [2.05, 4.69) is 4.90 Å². The molecule has 0 atom stereocenters. The fourth-order valence-electron chi connectivity index (χ4n) is 1.51. The Bertz CT molecular complexity index is 398. The smallest absolute Gasteiger partial charge is 0.270 e. The third kappa shape index (κ3) is 4.30. The Morgan fingerprint density at radius 2 is 2.24 bits per heavy atom. The molecule has 0 radical (unpaired) electrons. The molecule has 0 bridgehead atoms. The molecule has 0 amide bonds. The molecule has 17 heavy (non-hydrogen) atoms. The number of nitrogens with two attached hydrogens (primary N) is 1. The van der Waals surface area contributed by atoms with Gasteiger partial charge in [-0.1, -0.05) is 11.6 Å². The molecule has 1 aromatic carbocycles. The number of hydrogen-bond donors (Lipinski definition) is 1. The van der Waals surface area contributed by atoms with Crippen LogP contribution in [0.15, 0.2) is 18.2 Å². The molecular weight excluding hydrogens is 242 g/mol. The molecule has 1 aromatic rings. The van der Waals surface area contributed by atoms with Crippen LogP contribution in [-0.4, -0.2) is 30.0 Å². The van der Waals surface area contributed by atoms with Gasteiger partial charge in [-0.15, -0.1) is 0 Å². The van der Waals surface area contributed by atoms with Gasteiger partial charge in [-0.25, -0.2) is 0 Å². The molecule has 0 saturated carbocycles. The molecule has 0 spiro atoms. The lowest BCUT2D eigenvalue weighted by molar-refractivity contribution is -0.384. The minimum atomic E-state index is -0.451. The summed E-state index contributed by atoms with van der Waals surface area (Å²) >= 11 is 6.00. The fraction of sp³-hybridized carbons (Fsp3) is 0.455. The first kappa shape index (κ1) is 13.9. The van der Waals surface area contributed by atoms with Gasteiger partial charge in [0.2, 0.25) is 0 Å². The number of rotatable bonds is 6. The predicted octanol–water partition coefficient (Wildman–Crippen LogP) is 2.03. The van der Waals surface area contributed by atoms with E-state index in [0.717, 1.165) is 18.5 Å². The summed E-state index contributed by atoms with van der Waals surface area (Å²) in [5, 5.41) is 11.0. The van der Waals surface area contributed by atoms with E-state index in [4.69, 9.17) is 17.3 Å². The van der Waals surface area contributed by atoms with Crippen molar-refractivity contribution in [2.24, 2.45) is 5.73 Å². The molecule has 0 saturated heterocycles. The van der Waals surface area contributed by atoms with Gasteiger partial charge in [0, 0.05) is 18.7 Å². The van der Waals surface area contributed by atoms with Crippen molar-refractivity contribution in [3.63, 3.8) is 0 Å². The highest BCUT2D eigenvalue weighted by Crippen LogP contribution is 2.23. The van der Waals surface area contributed by atoms with E-state index >= 15 is 0 Å².